The average Bonchev–Trinajstić information content (AvgIpc) is 2.81. The fourth-order valence-electron chi connectivity index (χ4n) is 2.96. The van der Waals surface area contributed by atoms with E-state index in [1.54, 1.807) is 0 Å². The van der Waals surface area contributed by atoms with Crippen LogP contribution in [0, 0.1) is 6.92 Å². The van der Waals surface area contributed by atoms with Crippen molar-refractivity contribution in [1.82, 2.24) is 9.55 Å². The first-order valence-corrected chi connectivity index (χ1v) is 8.86. The summed E-state index contributed by atoms with van der Waals surface area (Å²) in [7, 11) is 0. The van der Waals surface area contributed by atoms with Crippen LogP contribution in [0.5, 0.6) is 0 Å². The molecule has 1 aliphatic rings. The maximum atomic E-state index is 6.36. The van der Waals surface area contributed by atoms with Gasteiger partial charge in [0.2, 0.25) is 0 Å². The summed E-state index contributed by atoms with van der Waals surface area (Å²) in [5, 5.41) is 0.659. The zero-order valence-electron chi connectivity index (χ0n) is 12.1. The fourth-order valence-corrected chi connectivity index (χ4v) is 4.41. The van der Waals surface area contributed by atoms with Crippen LogP contribution in [0.25, 0.3) is 11.0 Å². The molecule has 0 aliphatic carbocycles. The van der Waals surface area contributed by atoms with Gasteiger partial charge in [-0.1, -0.05) is 18.6 Å². The highest BCUT2D eigenvalue weighted by atomic mass is 35.5. The van der Waals surface area contributed by atoms with Gasteiger partial charge in [-0.05, 0) is 44.1 Å². The zero-order chi connectivity index (χ0) is 14.1. The molecule has 2 nitrogen and oxygen atoms in total. The van der Waals surface area contributed by atoms with Gasteiger partial charge in [0.25, 0.3) is 0 Å². The lowest BCUT2D eigenvalue weighted by molar-refractivity contribution is 0.575. The second kappa shape index (κ2) is 5.98. The molecule has 2 aromatic rings. The highest BCUT2D eigenvalue weighted by Gasteiger charge is 2.20. The van der Waals surface area contributed by atoms with Crippen LogP contribution in [0.15, 0.2) is 18.2 Å². The number of aromatic nitrogens is 2. The van der Waals surface area contributed by atoms with Crippen molar-refractivity contribution in [2.45, 2.75) is 50.3 Å². The van der Waals surface area contributed by atoms with Crippen molar-refractivity contribution in [3.05, 3.63) is 29.6 Å². The normalized spacial score (nSPS) is 21.2. The van der Waals surface area contributed by atoms with Crippen LogP contribution in [0.4, 0.5) is 0 Å². The van der Waals surface area contributed by atoms with Gasteiger partial charge in [-0.3, -0.25) is 0 Å². The summed E-state index contributed by atoms with van der Waals surface area (Å²) in [6.07, 6.45) is 4.03. The highest BCUT2D eigenvalue weighted by Crippen LogP contribution is 2.31. The second-order valence-corrected chi connectivity index (χ2v) is 7.69. The van der Waals surface area contributed by atoms with Crippen molar-refractivity contribution < 1.29 is 0 Å². The van der Waals surface area contributed by atoms with Gasteiger partial charge in [0.1, 0.15) is 5.82 Å². The smallest absolute Gasteiger partial charge is 0.127 e. The summed E-state index contributed by atoms with van der Waals surface area (Å²) in [6.45, 7) is 5.18. The molecule has 0 bridgehead atoms. The van der Waals surface area contributed by atoms with Crippen LogP contribution in [-0.2, 0) is 6.54 Å². The lowest BCUT2D eigenvalue weighted by atomic mass is 10.1. The number of imidazole rings is 1. The van der Waals surface area contributed by atoms with E-state index in [9.17, 15) is 0 Å². The van der Waals surface area contributed by atoms with E-state index in [-0.39, 0.29) is 5.38 Å². The van der Waals surface area contributed by atoms with Crippen LogP contribution >= 0.6 is 23.4 Å². The third kappa shape index (κ3) is 2.71. The van der Waals surface area contributed by atoms with Crippen molar-refractivity contribution in [2.75, 3.05) is 5.75 Å². The minimum Gasteiger partial charge on any atom is -0.326 e. The van der Waals surface area contributed by atoms with Gasteiger partial charge < -0.3 is 4.57 Å². The minimum atomic E-state index is -0.0459. The number of aryl methyl sites for hydroxylation is 1. The Morgan fingerprint density at radius 1 is 1.45 bits per heavy atom. The number of fused-ring (bicyclic) bond motifs is 1. The van der Waals surface area contributed by atoms with Crippen molar-refractivity contribution >= 4 is 34.4 Å². The van der Waals surface area contributed by atoms with Gasteiger partial charge in [-0.2, -0.15) is 11.8 Å². The molecule has 2 unspecified atom stereocenters. The number of para-hydroxylation sites is 1. The number of nitrogens with zero attached hydrogens (tertiary/aromatic N) is 2. The predicted octanol–water partition coefficient (Wildman–Crippen LogP) is 4.93. The molecule has 2 atom stereocenters. The van der Waals surface area contributed by atoms with E-state index in [1.807, 2.05) is 6.92 Å². The average molecular weight is 309 g/mol. The molecule has 0 N–H and O–H groups in total. The summed E-state index contributed by atoms with van der Waals surface area (Å²) in [5.74, 6) is 2.31. The van der Waals surface area contributed by atoms with Crippen molar-refractivity contribution in [3.8, 4) is 0 Å². The minimum absolute atomic E-state index is 0.0459. The van der Waals surface area contributed by atoms with Crippen molar-refractivity contribution in [3.63, 3.8) is 0 Å². The molecular weight excluding hydrogens is 288 g/mol. The monoisotopic (exact) mass is 308 g/mol. The number of rotatable bonds is 3. The van der Waals surface area contributed by atoms with E-state index in [0.29, 0.717) is 5.25 Å². The first-order valence-electron chi connectivity index (χ1n) is 7.38. The molecule has 0 radical (unpaired) electrons. The maximum Gasteiger partial charge on any atom is 0.127 e. The molecule has 108 valence electrons. The molecular formula is C16H21ClN2S. The Kier molecular flexibility index (Phi) is 4.27. The van der Waals surface area contributed by atoms with Gasteiger partial charge >= 0.3 is 0 Å². The Bertz CT molecular complexity index is 600. The van der Waals surface area contributed by atoms with Crippen molar-refractivity contribution in [2.24, 2.45) is 0 Å². The van der Waals surface area contributed by atoms with Crippen LogP contribution in [0.3, 0.4) is 0 Å². The third-order valence-electron chi connectivity index (χ3n) is 4.03. The molecule has 0 spiro atoms. The zero-order valence-corrected chi connectivity index (χ0v) is 13.7. The molecule has 1 aromatic carbocycles. The Morgan fingerprint density at radius 2 is 2.30 bits per heavy atom. The third-order valence-corrected chi connectivity index (χ3v) is 5.60. The van der Waals surface area contributed by atoms with E-state index in [2.05, 4.69) is 41.5 Å². The molecule has 1 aliphatic heterocycles. The molecule has 1 aromatic heterocycles. The largest absolute Gasteiger partial charge is 0.326 e. The standard InChI is InChI=1S/C16H21ClN2S/c1-11-6-5-8-14-15(11)18-16(12(2)17)19(14)10-13-7-3-4-9-20-13/h5-6,8,12-13H,3-4,7,9-10H2,1-2H3. The van der Waals surface area contributed by atoms with Crippen LogP contribution < -0.4 is 0 Å². The van der Waals surface area contributed by atoms with E-state index < -0.39 is 0 Å². The Balaban J connectivity index is 2.02. The molecule has 0 amide bonds. The van der Waals surface area contributed by atoms with E-state index >= 15 is 0 Å². The quantitative estimate of drug-likeness (QED) is 0.748. The van der Waals surface area contributed by atoms with Crippen molar-refractivity contribution in [1.29, 1.82) is 0 Å². The molecule has 1 saturated heterocycles. The lowest BCUT2D eigenvalue weighted by Gasteiger charge is -2.23. The fraction of sp³-hybridized carbons (Fsp3) is 0.562. The number of hydrogen-bond acceptors (Lipinski definition) is 2. The predicted molar refractivity (Wildman–Crippen MR) is 88.8 cm³/mol. The van der Waals surface area contributed by atoms with Crippen LogP contribution in [0.2, 0.25) is 0 Å². The van der Waals surface area contributed by atoms with Gasteiger partial charge in [-0.25, -0.2) is 4.98 Å². The lowest BCUT2D eigenvalue weighted by Crippen LogP contribution is -2.18. The number of thioether (sulfide) groups is 1. The SMILES string of the molecule is Cc1cccc2c1nc(C(C)Cl)n2CC1CCCCS1. The Morgan fingerprint density at radius 3 is 3.00 bits per heavy atom. The highest BCUT2D eigenvalue weighted by molar-refractivity contribution is 7.99. The summed E-state index contributed by atoms with van der Waals surface area (Å²) >= 11 is 8.46. The van der Waals surface area contributed by atoms with E-state index in [4.69, 9.17) is 16.6 Å². The summed E-state index contributed by atoms with van der Waals surface area (Å²) in [5.41, 5.74) is 3.57. The number of hydrogen-bond donors (Lipinski definition) is 0. The van der Waals surface area contributed by atoms with Crippen LogP contribution in [0.1, 0.15) is 43.0 Å². The van der Waals surface area contributed by atoms with E-state index in [1.165, 1.54) is 36.1 Å². The molecule has 1 fully saturated rings. The first kappa shape index (κ1) is 14.3. The maximum absolute atomic E-state index is 6.36. The molecule has 0 saturated carbocycles. The van der Waals surface area contributed by atoms with Gasteiger partial charge in [0.05, 0.1) is 16.4 Å². The van der Waals surface area contributed by atoms with Gasteiger partial charge in [0.15, 0.2) is 0 Å². The topological polar surface area (TPSA) is 17.8 Å². The van der Waals surface area contributed by atoms with E-state index in [0.717, 1.165) is 17.9 Å². The summed E-state index contributed by atoms with van der Waals surface area (Å²) in [4.78, 5) is 4.80. The Hall–Kier alpha value is -0.670. The number of alkyl halides is 1. The number of benzene rings is 1. The molecule has 20 heavy (non-hydrogen) atoms. The van der Waals surface area contributed by atoms with Crippen LogP contribution in [-0.4, -0.2) is 20.6 Å². The number of halogens is 1. The van der Waals surface area contributed by atoms with Gasteiger partial charge in [0, 0.05) is 11.8 Å². The summed E-state index contributed by atoms with van der Waals surface area (Å²) in [6, 6.07) is 6.41. The van der Waals surface area contributed by atoms with Gasteiger partial charge in [-0.15, -0.1) is 11.6 Å². The molecule has 3 rings (SSSR count). The molecule has 4 heteroatoms. The Labute approximate surface area is 129 Å². The second-order valence-electron chi connectivity index (χ2n) is 5.63. The molecule has 2 heterocycles. The summed E-state index contributed by atoms with van der Waals surface area (Å²) < 4.78 is 2.35. The first-order chi connectivity index (χ1) is 9.66.